The third-order valence-electron chi connectivity index (χ3n) is 6.32. The first-order valence-electron chi connectivity index (χ1n) is 9.87. The van der Waals surface area contributed by atoms with Crippen LogP contribution in [0.25, 0.3) is 0 Å². The number of rotatable bonds is 4. The topological polar surface area (TPSA) is 68.4 Å². The van der Waals surface area contributed by atoms with E-state index < -0.39 is 5.54 Å². The highest BCUT2D eigenvalue weighted by molar-refractivity contribution is 6.12. The molecule has 2 atom stereocenters. The lowest BCUT2D eigenvalue weighted by Gasteiger charge is -2.43. The minimum atomic E-state index is -0.395. The number of aliphatic imine (C=N–C) groups is 1. The van der Waals surface area contributed by atoms with Crippen molar-refractivity contribution in [2.75, 3.05) is 39.8 Å². The van der Waals surface area contributed by atoms with Crippen LogP contribution in [0.2, 0.25) is 0 Å². The molecular formula is C19H34N6O. The van der Waals surface area contributed by atoms with Crippen molar-refractivity contribution in [1.29, 1.82) is 0 Å². The Morgan fingerprint density at radius 1 is 1.23 bits per heavy atom. The molecule has 7 heteroatoms. The van der Waals surface area contributed by atoms with Gasteiger partial charge in [-0.25, -0.2) is 4.99 Å². The van der Waals surface area contributed by atoms with E-state index in [1.165, 1.54) is 0 Å². The maximum atomic E-state index is 13.3. The second-order valence-corrected chi connectivity index (χ2v) is 8.06. The molecule has 3 aliphatic rings. The van der Waals surface area contributed by atoms with Crippen molar-refractivity contribution < 1.29 is 4.79 Å². The van der Waals surface area contributed by atoms with Crippen molar-refractivity contribution in [2.24, 2.45) is 10.7 Å². The molecule has 2 N–H and O–H groups in total. The quantitative estimate of drug-likeness (QED) is 0.804. The molecule has 0 aromatic heterocycles. The summed E-state index contributed by atoms with van der Waals surface area (Å²) in [5, 5.41) is 0. The fraction of sp³-hybridized carbons (Fsp3) is 0.789. The van der Waals surface area contributed by atoms with Gasteiger partial charge in [-0.05, 0) is 33.7 Å². The van der Waals surface area contributed by atoms with E-state index in [9.17, 15) is 4.79 Å². The lowest BCUT2D eigenvalue weighted by Crippen LogP contribution is -2.56. The van der Waals surface area contributed by atoms with Crippen molar-refractivity contribution in [1.82, 2.24) is 19.6 Å². The van der Waals surface area contributed by atoms with Gasteiger partial charge in [0, 0.05) is 44.8 Å². The van der Waals surface area contributed by atoms with Gasteiger partial charge in [-0.15, -0.1) is 0 Å². The minimum absolute atomic E-state index is 0.0805. The summed E-state index contributed by atoms with van der Waals surface area (Å²) in [4.78, 5) is 27.0. The summed E-state index contributed by atoms with van der Waals surface area (Å²) < 4.78 is 0. The number of carbonyl (C=O) groups excluding carboxylic acids is 1. The molecule has 3 heterocycles. The van der Waals surface area contributed by atoms with Gasteiger partial charge in [0.15, 0.2) is 6.29 Å². The van der Waals surface area contributed by atoms with Crippen molar-refractivity contribution >= 4 is 11.7 Å². The molecule has 2 unspecified atom stereocenters. The number of amidine groups is 1. The molecule has 0 aliphatic carbocycles. The third kappa shape index (κ3) is 2.72. The zero-order chi connectivity index (χ0) is 19.2. The fourth-order valence-electron chi connectivity index (χ4n) is 4.72. The summed E-state index contributed by atoms with van der Waals surface area (Å²) in [6.07, 6.45) is 0.629. The summed E-state index contributed by atoms with van der Waals surface area (Å²) >= 11 is 0. The normalized spacial score (nSPS) is 31.1. The largest absolute Gasteiger partial charge is 0.384 e. The molecule has 26 heavy (non-hydrogen) atoms. The number of amides is 1. The molecule has 1 fully saturated rings. The molecule has 3 aliphatic heterocycles. The molecule has 3 rings (SSSR count). The monoisotopic (exact) mass is 362 g/mol. The molecule has 0 radical (unpaired) electrons. The van der Waals surface area contributed by atoms with Gasteiger partial charge in [0.1, 0.15) is 11.5 Å². The van der Waals surface area contributed by atoms with Gasteiger partial charge < -0.3 is 20.4 Å². The second kappa shape index (κ2) is 6.85. The number of nitrogens with two attached hydrogens (primary N) is 1. The van der Waals surface area contributed by atoms with E-state index in [0.29, 0.717) is 5.84 Å². The van der Waals surface area contributed by atoms with Crippen LogP contribution in [0, 0.1) is 0 Å². The van der Waals surface area contributed by atoms with E-state index in [-0.39, 0.29) is 18.2 Å². The predicted molar refractivity (Wildman–Crippen MR) is 105 cm³/mol. The Labute approximate surface area is 157 Å². The lowest BCUT2D eigenvalue weighted by atomic mass is 9.87. The highest BCUT2D eigenvalue weighted by atomic mass is 16.2. The zero-order valence-electron chi connectivity index (χ0n) is 17.1. The first-order chi connectivity index (χ1) is 12.3. The van der Waals surface area contributed by atoms with Crippen molar-refractivity contribution in [3.8, 4) is 0 Å². The fourth-order valence-corrected chi connectivity index (χ4v) is 4.72. The maximum absolute atomic E-state index is 13.3. The SMILES string of the molecule is CCN1CCN(C2N=C(N)C3=C(C(=O)N(C(C)C)C3(C)CC)N2C)CC1. The van der Waals surface area contributed by atoms with Gasteiger partial charge in [0.2, 0.25) is 0 Å². The average molecular weight is 363 g/mol. The van der Waals surface area contributed by atoms with Crippen LogP contribution in [0.1, 0.15) is 41.0 Å². The van der Waals surface area contributed by atoms with Crippen LogP contribution < -0.4 is 5.73 Å². The molecule has 0 aromatic carbocycles. The van der Waals surface area contributed by atoms with Gasteiger partial charge in [-0.1, -0.05) is 13.8 Å². The van der Waals surface area contributed by atoms with E-state index in [1.807, 2.05) is 16.8 Å². The zero-order valence-corrected chi connectivity index (χ0v) is 17.1. The van der Waals surface area contributed by atoms with Crippen LogP contribution in [0.15, 0.2) is 16.3 Å². The van der Waals surface area contributed by atoms with E-state index >= 15 is 0 Å². The van der Waals surface area contributed by atoms with E-state index in [0.717, 1.165) is 50.4 Å². The molecule has 1 saturated heterocycles. The number of hydrogen-bond acceptors (Lipinski definition) is 6. The Bertz CT molecular complexity index is 634. The summed E-state index contributed by atoms with van der Waals surface area (Å²) in [5.74, 6) is 0.610. The van der Waals surface area contributed by atoms with Gasteiger partial charge in [-0.3, -0.25) is 9.69 Å². The standard InChI is InChI=1S/C19H34N6O/c1-7-19(5)14-15(17(26)25(19)13(3)4)22(6)18(21-16(14)20)24-11-9-23(8-2)10-12-24/h13,18H,7-12H2,1-6H3,(H2,20,21). The van der Waals surface area contributed by atoms with Crippen molar-refractivity contribution in [3.63, 3.8) is 0 Å². The van der Waals surface area contributed by atoms with E-state index in [1.54, 1.807) is 0 Å². The third-order valence-corrected chi connectivity index (χ3v) is 6.32. The first-order valence-corrected chi connectivity index (χ1v) is 9.87. The van der Waals surface area contributed by atoms with Crippen LogP contribution in [-0.4, -0.2) is 89.0 Å². The van der Waals surface area contributed by atoms with E-state index in [4.69, 9.17) is 10.7 Å². The van der Waals surface area contributed by atoms with Crippen LogP contribution in [0.3, 0.4) is 0 Å². The Morgan fingerprint density at radius 2 is 1.85 bits per heavy atom. The van der Waals surface area contributed by atoms with Crippen LogP contribution in [0.5, 0.6) is 0 Å². The number of hydrogen-bond donors (Lipinski definition) is 1. The number of piperazine rings is 1. The smallest absolute Gasteiger partial charge is 0.271 e. The maximum Gasteiger partial charge on any atom is 0.271 e. The predicted octanol–water partition coefficient (Wildman–Crippen LogP) is 0.884. The Kier molecular flexibility index (Phi) is 5.05. The average Bonchev–Trinajstić information content (AvgIpc) is 2.87. The van der Waals surface area contributed by atoms with Gasteiger partial charge in [-0.2, -0.15) is 0 Å². The molecular weight excluding hydrogens is 328 g/mol. The van der Waals surface area contributed by atoms with Gasteiger partial charge in [0.05, 0.1) is 5.54 Å². The summed E-state index contributed by atoms with van der Waals surface area (Å²) in [6, 6.07) is 0.116. The number of carbonyl (C=O) groups is 1. The van der Waals surface area contributed by atoms with Gasteiger partial charge >= 0.3 is 0 Å². The van der Waals surface area contributed by atoms with Crippen LogP contribution >= 0.6 is 0 Å². The summed E-state index contributed by atoms with van der Waals surface area (Å²) in [7, 11) is 1.99. The molecule has 0 spiro atoms. The van der Waals surface area contributed by atoms with Crippen molar-refractivity contribution in [3.05, 3.63) is 11.3 Å². The summed E-state index contributed by atoms with van der Waals surface area (Å²) in [6.45, 7) is 15.6. The molecule has 146 valence electrons. The molecule has 1 amide bonds. The molecule has 0 aromatic rings. The lowest BCUT2D eigenvalue weighted by molar-refractivity contribution is -0.133. The number of likely N-dealkylation sites (N-methyl/N-ethyl adjacent to an activating group) is 2. The summed E-state index contributed by atoms with van der Waals surface area (Å²) in [5.41, 5.74) is 7.71. The van der Waals surface area contributed by atoms with Crippen LogP contribution in [0.4, 0.5) is 0 Å². The molecule has 0 bridgehead atoms. The first kappa shape index (κ1) is 19.2. The minimum Gasteiger partial charge on any atom is -0.384 e. The Hall–Kier alpha value is -1.60. The van der Waals surface area contributed by atoms with Gasteiger partial charge in [0.25, 0.3) is 5.91 Å². The Morgan fingerprint density at radius 3 is 2.35 bits per heavy atom. The Balaban J connectivity index is 1.93. The highest BCUT2D eigenvalue weighted by Crippen LogP contribution is 2.43. The van der Waals surface area contributed by atoms with Crippen LogP contribution in [-0.2, 0) is 4.79 Å². The highest BCUT2D eigenvalue weighted by Gasteiger charge is 2.53. The molecule has 0 saturated carbocycles. The number of nitrogens with zero attached hydrogens (tertiary/aromatic N) is 5. The van der Waals surface area contributed by atoms with Crippen molar-refractivity contribution in [2.45, 2.75) is 58.9 Å². The second-order valence-electron chi connectivity index (χ2n) is 8.06. The molecule has 7 nitrogen and oxygen atoms in total. The van der Waals surface area contributed by atoms with E-state index in [2.05, 4.69) is 44.4 Å².